The number of amides is 1. The maximum absolute atomic E-state index is 13.5. The first-order valence-electron chi connectivity index (χ1n) is 13.6. The van der Waals surface area contributed by atoms with Gasteiger partial charge in [-0.05, 0) is 112 Å². The summed E-state index contributed by atoms with van der Waals surface area (Å²) >= 11 is 0. The Kier molecular flexibility index (Phi) is 7.47. The molecule has 198 valence electrons. The van der Waals surface area contributed by atoms with Crippen LogP contribution in [0.1, 0.15) is 65.7 Å². The molecule has 5 rings (SSSR count). The molecule has 0 spiro atoms. The Hall–Kier alpha value is -3.71. The van der Waals surface area contributed by atoms with Gasteiger partial charge in [-0.25, -0.2) is 0 Å². The van der Waals surface area contributed by atoms with E-state index in [1.54, 1.807) is 4.68 Å². The van der Waals surface area contributed by atoms with Gasteiger partial charge in [0.25, 0.3) is 5.91 Å². The number of benzene rings is 2. The van der Waals surface area contributed by atoms with Crippen LogP contribution in [0.5, 0.6) is 0 Å². The summed E-state index contributed by atoms with van der Waals surface area (Å²) < 4.78 is 3.73. The fourth-order valence-electron chi connectivity index (χ4n) is 5.32. The van der Waals surface area contributed by atoms with Gasteiger partial charge < -0.3 is 10.2 Å². The van der Waals surface area contributed by atoms with Gasteiger partial charge in [-0.15, -0.1) is 0 Å². The maximum Gasteiger partial charge on any atom is 0.252 e. The largest absolute Gasteiger partial charge is 0.346 e. The van der Waals surface area contributed by atoms with Gasteiger partial charge >= 0.3 is 0 Å². The molecule has 0 aliphatic carbocycles. The van der Waals surface area contributed by atoms with Crippen molar-refractivity contribution in [3.05, 3.63) is 83.3 Å². The summed E-state index contributed by atoms with van der Waals surface area (Å²) in [5.74, 6) is 0.478. The van der Waals surface area contributed by atoms with Crippen LogP contribution in [-0.4, -0.2) is 50.5 Å². The highest BCUT2D eigenvalue weighted by Crippen LogP contribution is 2.31. The number of piperidine rings is 1. The van der Waals surface area contributed by atoms with E-state index in [1.807, 2.05) is 50.2 Å². The first-order chi connectivity index (χ1) is 18.3. The highest BCUT2D eigenvalue weighted by atomic mass is 16.1. The van der Waals surface area contributed by atoms with Crippen molar-refractivity contribution in [2.75, 3.05) is 20.1 Å². The number of nitrogens with zero attached hydrogens (tertiary/aromatic N) is 5. The Bertz CT molecular complexity index is 1430. The zero-order valence-electron chi connectivity index (χ0n) is 23.1. The highest BCUT2D eigenvalue weighted by Gasteiger charge is 2.21. The molecule has 3 heterocycles. The standard InChI is InChI=1S/C31H38N6O/c1-6-37-14-11-30(34-37)27-16-25(15-26(17-27)28-19-32-36(5)20-28)22(3)33-31(38)29-18-24(8-7-21(29)2)23-9-12-35(4)13-10-23/h7-8,11,14-20,22-23H,6,9-10,12-13H2,1-5H3,(H,33,38)/t22-/m1/s1. The van der Waals surface area contributed by atoms with Crippen molar-refractivity contribution in [3.63, 3.8) is 0 Å². The van der Waals surface area contributed by atoms with E-state index < -0.39 is 0 Å². The van der Waals surface area contributed by atoms with Crippen molar-refractivity contribution >= 4 is 5.91 Å². The number of hydrogen-bond acceptors (Lipinski definition) is 4. The molecule has 0 bridgehead atoms. The highest BCUT2D eigenvalue weighted by molar-refractivity contribution is 5.96. The van der Waals surface area contributed by atoms with Crippen molar-refractivity contribution in [1.29, 1.82) is 0 Å². The van der Waals surface area contributed by atoms with E-state index in [0.717, 1.165) is 71.6 Å². The third kappa shape index (κ3) is 5.58. The summed E-state index contributed by atoms with van der Waals surface area (Å²) in [7, 11) is 4.10. The van der Waals surface area contributed by atoms with Gasteiger partial charge in [0.1, 0.15) is 0 Å². The molecule has 1 saturated heterocycles. The van der Waals surface area contributed by atoms with Crippen LogP contribution in [0.15, 0.2) is 61.1 Å². The van der Waals surface area contributed by atoms with E-state index in [0.29, 0.717) is 5.92 Å². The van der Waals surface area contributed by atoms with Crippen LogP contribution >= 0.6 is 0 Å². The normalized spacial score (nSPS) is 15.5. The van der Waals surface area contributed by atoms with Gasteiger partial charge in [0.2, 0.25) is 0 Å². The summed E-state index contributed by atoms with van der Waals surface area (Å²) in [6, 6.07) is 14.7. The molecule has 1 aliphatic rings. The maximum atomic E-state index is 13.5. The molecule has 1 N–H and O–H groups in total. The minimum absolute atomic E-state index is 0.0339. The molecule has 7 nitrogen and oxygen atoms in total. The van der Waals surface area contributed by atoms with Crippen LogP contribution in [0.2, 0.25) is 0 Å². The van der Waals surface area contributed by atoms with Crippen molar-refractivity contribution in [2.45, 2.75) is 52.1 Å². The molecule has 2 aromatic heterocycles. The van der Waals surface area contributed by atoms with Gasteiger partial charge in [0, 0.05) is 42.7 Å². The Morgan fingerprint density at radius 1 is 1.05 bits per heavy atom. The van der Waals surface area contributed by atoms with E-state index >= 15 is 0 Å². The lowest BCUT2D eigenvalue weighted by atomic mass is 9.87. The third-order valence-corrected chi connectivity index (χ3v) is 7.80. The Morgan fingerprint density at radius 2 is 1.82 bits per heavy atom. The summed E-state index contributed by atoms with van der Waals surface area (Å²) in [5, 5.41) is 12.4. The zero-order chi connectivity index (χ0) is 26.8. The smallest absolute Gasteiger partial charge is 0.252 e. The second-order valence-corrected chi connectivity index (χ2v) is 10.7. The predicted octanol–water partition coefficient (Wildman–Crippen LogP) is 5.58. The van der Waals surface area contributed by atoms with E-state index in [-0.39, 0.29) is 11.9 Å². The van der Waals surface area contributed by atoms with E-state index in [1.165, 1.54) is 5.56 Å². The molecule has 1 amide bonds. The average molecular weight is 511 g/mol. The fraction of sp³-hybridized carbons (Fsp3) is 0.387. The van der Waals surface area contributed by atoms with Crippen molar-refractivity contribution < 1.29 is 4.79 Å². The molecule has 38 heavy (non-hydrogen) atoms. The summed E-state index contributed by atoms with van der Waals surface area (Å²) in [5.41, 5.74) is 8.09. The molecule has 1 aliphatic heterocycles. The van der Waals surface area contributed by atoms with Gasteiger partial charge in [-0.1, -0.05) is 12.1 Å². The number of aryl methyl sites for hydroxylation is 3. The van der Waals surface area contributed by atoms with Crippen molar-refractivity contribution in [1.82, 2.24) is 29.8 Å². The second kappa shape index (κ2) is 11.0. The van der Waals surface area contributed by atoms with Gasteiger partial charge in [0.05, 0.1) is 17.9 Å². The van der Waals surface area contributed by atoms with Crippen LogP contribution in [0.4, 0.5) is 0 Å². The fourth-order valence-corrected chi connectivity index (χ4v) is 5.32. The quantitative estimate of drug-likeness (QED) is 0.353. The number of carbonyl (C=O) groups is 1. The molecule has 0 saturated carbocycles. The van der Waals surface area contributed by atoms with Crippen molar-refractivity contribution in [2.24, 2.45) is 7.05 Å². The van der Waals surface area contributed by atoms with Gasteiger partial charge in [-0.2, -0.15) is 10.2 Å². The molecule has 0 radical (unpaired) electrons. The van der Waals surface area contributed by atoms with E-state index in [4.69, 9.17) is 5.10 Å². The number of hydrogen-bond donors (Lipinski definition) is 1. The lowest BCUT2D eigenvalue weighted by Crippen LogP contribution is -2.30. The lowest BCUT2D eigenvalue weighted by Gasteiger charge is -2.29. The van der Waals surface area contributed by atoms with Crippen molar-refractivity contribution in [3.8, 4) is 22.4 Å². The number of carbonyl (C=O) groups excluding carboxylic acids is 1. The van der Waals surface area contributed by atoms with Crippen LogP contribution in [0.3, 0.4) is 0 Å². The number of rotatable bonds is 7. The third-order valence-electron chi connectivity index (χ3n) is 7.80. The minimum atomic E-state index is -0.183. The van der Waals surface area contributed by atoms with Crippen LogP contribution in [0.25, 0.3) is 22.4 Å². The van der Waals surface area contributed by atoms with E-state index in [2.05, 4.69) is 65.7 Å². The van der Waals surface area contributed by atoms with E-state index in [9.17, 15) is 4.79 Å². The first kappa shape index (κ1) is 25.9. The summed E-state index contributed by atoms with van der Waals surface area (Å²) in [4.78, 5) is 15.9. The number of nitrogens with one attached hydrogen (secondary N) is 1. The van der Waals surface area contributed by atoms with Gasteiger partial charge in [0.15, 0.2) is 0 Å². The molecule has 0 unspecified atom stereocenters. The molecule has 4 aromatic rings. The lowest BCUT2D eigenvalue weighted by molar-refractivity contribution is 0.0939. The number of likely N-dealkylation sites (tertiary alicyclic amines) is 1. The first-order valence-corrected chi connectivity index (χ1v) is 13.6. The monoisotopic (exact) mass is 510 g/mol. The van der Waals surface area contributed by atoms with Crippen LogP contribution < -0.4 is 5.32 Å². The molecule has 1 fully saturated rings. The summed E-state index contributed by atoms with van der Waals surface area (Å²) in [6.45, 7) is 9.16. The molecule has 1 atom stereocenters. The molecular weight excluding hydrogens is 472 g/mol. The molecular formula is C31H38N6O. The average Bonchev–Trinajstić information content (AvgIpc) is 3.58. The number of aromatic nitrogens is 4. The van der Waals surface area contributed by atoms with Crippen LogP contribution in [0, 0.1) is 6.92 Å². The predicted molar refractivity (Wildman–Crippen MR) is 152 cm³/mol. The summed E-state index contributed by atoms with van der Waals surface area (Å²) in [6.07, 6.45) is 8.14. The SMILES string of the molecule is CCn1ccc(-c2cc(-c3cnn(C)c3)cc([C@@H](C)NC(=O)c3cc(C4CCN(C)CC4)ccc3C)c2)n1. The molecule has 2 aromatic carbocycles. The zero-order valence-corrected chi connectivity index (χ0v) is 23.1. The minimum Gasteiger partial charge on any atom is -0.346 e. The Balaban J connectivity index is 1.42. The molecule has 7 heteroatoms. The van der Waals surface area contributed by atoms with Gasteiger partial charge in [-0.3, -0.25) is 14.2 Å². The second-order valence-electron chi connectivity index (χ2n) is 10.7. The Morgan fingerprint density at radius 3 is 2.50 bits per heavy atom. The Labute approximate surface area is 225 Å². The topological polar surface area (TPSA) is 68.0 Å². The van der Waals surface area contributed by atoms with Crippen LogP contribution in [-0.2, 0) is 13.6 Å².